The molecule has 2 aromatic rings. The van der Waals surface area contributed by atoms with E-state index in [0.29, 0.717) is 12.1 Å². The first-order valence-electron chi connectivity index (χ1n) is 6.33. The molecule has 0 unspecified atom stereocenters. The van der Waals surface area contributed by atoms with Crippen LogP contribution in [0.5, 0.6) is 0 Å². The van der Waals surface area contributed by atoms with Crippen LogP contribution in [0.1, 0.15) is 30.7 Å². The summed E-state index contributed by atoms with van der Waals surface area (Å²) < 4.78 is 1.92. The minimum Gasteiger partial charge on any atom is -0.328 e. The van der Waals surface area contributed by atoms with Crippen LogP contribution < -0.4 is 5.73 Å². The SMILES string of the molecule is Cc1c(Cn2cncc2C(C)(C)N)cccc1[N+](=O)[O-]. The summed E-state index contributed by atoms with van der Waals surface area (Å²) in [6, 6.07) is 5.10. The highest BCUT2D eigenvalue weighted by Gasteiger charge is 2.20. The zero-order valence-electron chi connectivity index (χ0n) is 11.8. The Bertz CT molecular complexity index is 641. The Morgan fingerprint density at radius 3 is 2.75 bits per heavy atom. The minimum atomic E-state index is -0.509. The Morgan fingerprint density at radius 1 is 1.45 bits per heavy atom. The molecule has 0 saturated carbocycles. The number of nitro groups is 1. The molecular weight excluding hydrogens is 256 g/mol. The lowest BCUT2D eigenvalue weighted by atomic mass is 10.0. The first-order valence-corrected chi connectivity index (χ1v) is 6.33. The van der Waals surface area contributed by atoms with Gasteiger partial charge in [0.25, 0.3) is 5.69 Å². The Hall–Kier alpha value is -2.21. The number of hydrogen-bond donors (Lipinski definition) is 1. The van der Waals surface area contributed by atoms with Crippen LogP contribution in [0.4, 0.5) is 5.69 Å². The van der Waals surface area contributed by atoms with Gasteiger partial charge in [-0.3, -0.25) is 10.1 Å². The van der Waals surface area contributed by atoms with Gasteiger partial charge in [-0.1, -0.05) is 12.1 Å². The molecule has 0 fully saturated rings. The quantitative estimate of drug-likeness (QED) is 0.684. The molecular formula is C14H18N4O2. The maximum Gasteiger partial charge on any atom is 0.272 e. The van der Waals surface area contributed by atoms with Crippen molar-refractivity contribution in [1.82, 2.24) is 9.55 Å². The lowest BCUT2D eigenvalue weighted by Crippen LogP contribution is -2.31. The fourth-order valence-corrected chi connectivity index (χ4v) is 2.21. The smallest absolute Gasteiger partial charge is 0.272 e. The molecule has 0 radical (unpaired) electrons. The van der Waals surface area contributed by atoms with Crippen LogP contribution in [0, 0.1) is 17.0 Å². The van der Waals surface area contributed by atoms with Crippen molar-refractivity contribution >= 4 is 5.69 Å². The maximum atomic E-state index is 11.0. The molecule has 0 aliphatic rings. The molecule has 0 aliphatic heterocycles. The third-order valence-corrected chi connectivity index (χ3v) is 3.33. The van der Waals surface area contributed by atoms with E-state index < -0.39 is 5.54 Å². The number of benzene rings is 1. The Labute approximate surface area is 117 Å². The number of imidazole rings is 1. The van der Waals surface area contributed by atoms with Gasteiger partial charge in [-0.15, -0.1) is 0 Å². The second-order valence-corrected chi connectivity index (χ2v) is 5.45. The second-order valence-electron chi connectivity index (χ2n) is 5.45. The maximum absolute atomic E-state index is 11.0. The van der Waals surface area contributed by atoms with Crippen molar-refractivity contribution in [2.75, 3.05) is 0 Å². The summed E-state index contributed by atoms with van der Waals surface area (Å²) >= 11 is 0. The molecule has 1 heterocycles. The van der Waals surface area contributed by atoms with Crippen molar-refractivity contribution in [1.29, 1.82) is 0 Å². The summed E-state index contributed by atoms with van der Waals surface area (Å²) in [5.41, 5.74) is 8.19. The number of hydrogen-bond acceptors (Lipinski definition) is 4. The third kappa shape index (κ3) is 2.70. The lowest BCUT2D eigenvalue weighted by Gasteiger charge is -2.21. The van der Waals surface area contributed by atoms with E-state index in [1.54, 1.807) is 25.5 Å². The molecule has 0 spiro atoms. The topological polar surface area (TPSA) is 87.0 Å². The number of nitrogens with zero attached hydrogens (tertiary/aromatic N) is 3. The van der Waals surface area contributed by atoms with Gasteiger partial charge in [0.15, 0.2) is 0 Å². The molecule has 6 nitrogen and oxygen atoms in total. The largest absolute Gasteiger partial charge is 0.328 e. The molecule has 0 bridgehead atoms. The van der Waals surface area contributed by atoms with Gasteiger partial charge < -0.3 is 10.3 Å². The number of aromatic nitrogens is 2. The van der Waals surface area contributed by atoms with E-state index in [9.17, 15) is 10.1 Å². The molecule has 1 aromatic heterocycles. The van der Waals surface area contributed by atoms with Gasteiger partial charge >= 0.3 is 0 Å². The molecule has 20 heavy (non-hydrogen) atoms. The first-order chi connectivity index (χ1) is 9.30. The Balaban J connectivity index is 2.39. The predicted molar refractivity (Wildman–Crippen MR) is 76.4 cm³/mol. The van der Waals surface area contributed by atoms with E-state index in [2.05, 4.69) is 4.98 Å². The van der Waals surface area contributed by atoms with Gasteiger partial charge in [0, 0.05) is 24.4 Å². The predicted octanol–water partition coefficient (Wildman–Crippen LogP) is 2.34. The van der Waals surface area contributed by atoms with Gasteiger partial charge in [-0.2, -0.15) is 0 Å². The van der Waals surface area contributed by atoms with Crippen LogP contribution in [0.2, 0.25) is 0 Å². The molecule has 1 aromatic carbocycles. The molecule has 2 rings (SSSR count). The van der Waals surface area contributed by atoms with Gasteiger partial charge in [-0.05, 0) is 26.3 Å². The number of rotatable bonds is 4. The van der Waals surface area contributed by atoms with Gasteiger partial charge in [0.2, 0.25) is 0 Å². The Morgan fingerprint density at radius 2 is 2.15 bits per heavy atom. The lowest BCUT2D eigenvalue weighted by molar-refractivity contribution is -0.385. The van der Waals surface area contributed by atoms with Crippen LogP contribution in [0.25, 0.3) is 0 Å². The highest BCUT2D eigenvalue weighted by molar-refractivity contribution is 5.44. The standard InChI is InChI=1S/C14H18N4O2/c1-10-11(5-4-6-12(10)18(19)20)8-17-9-16-7-13(17)14(2,3)15/h4-7,9H,8,15H2,1-3H3. The van der Waals surface area contributed by atoms with Crippen molar-refractivity contribution in [3.8, 4) is 0 Å². The van der Waals surface area contributed by atoms with Crippen molar-refractivity contribution < 1.29 is 4.92 Å². The highest BCUT2D eigenvalue weighted by atomic mass is 16.6. The Kier molecular flexibility index (Phi) is 3.59. The second kappa shape index (κ2) is 5.05. The average molecular weight is 274 g/mol. The minimum absolute atomic E-state index is 0.135. The van der Waals surface area contributed by atoms with E-state index in [4.69, 9.17) is 5.73 Å². The third-order valence-electron chi connectivity index (χ3n) is 3.33. The van der Waals surface area contributed by atoms with E-state index in [-0.39, 0.29) is 10.6 Å². The van der Waals surface area contributed by atoms with E-state index in [0.717, 1.165) is 11.3 Å². The van der Waals surface area contributed by atoms with Crippen molar-refractivity contribution in [2.45, 2.75) is 32.9 Å². The molecule has 0 amide bonds. The fourth-order valence-electron chi connectivity index (χ4n) is 2.21. The van der Waals surface area contributed by atoms with Gasteiger partial charge in [0.05, 0.1) is 22.5 Å². The summed E-state index contributed by atoms with van der Waals surface area (Å²) in [6.07, 6.45) is 3.43. The van der Waals surface area contributed by atoms with Crippen LogP contribution in [-0.2, 0) is 12.1 Å². The zero-order chi connectivity index (χ0) is 14.9. The zero-order valence-corrected chi connectivity index (χ0v) is 11.8. The summed E-state index contributed by atoms with van der Waals surface area (Å²) in [5.74, 6) is 0. The number of nitrogens with two attached hydrogens (primary N) is 1. The van der Waals surface area contributed by atoms with Crippen LogP contribution in [0.15, 0.2) is 30.7 Å². The van der Waals surface area contributed by atoms with Crippen LogP contribution in [-0.4, -0.2) is 14.5 Å². The number of nitro benzene ring substituents is 1. The monoisotopic (exact) mass is 274 g/mol. The summed E-state index contributed by atoms with van der Waals surface area (Å²) in [7, 11) is 0. The molecule has 0 aliphatic carbocycles. The molecule has 106 valence electrons. The van der Waals surface area contributed by atoms with Gasteiger partial charge in [-0.25, -0.2) is 4.98 Å². The van der Waals surface area contributed by atoms with E-state index in [1.807, 2.05) is 24.5 Å². The average Bonchev–Trinajstić information content (AvgIpc) is 2.79. The van der Waals surface area contributed by atoms with Crippen molar-refractivity contribution in [2.24, 2.45) is 5.73 Å². The summed E-state index contributed by atoms with van der Waals surface area (Å²) in [4.78, 5) is 14.7. The van der Waals surface area contributed by atoms with Gasteiger partial charge in [0.1, 0.15) is 0 Å². The van der Waals surface area contributed by atoms with Crippen LogP contribution >= 0.6 is 0 Å². The summed E-state index contributed by atoms with van der Waals surface area (Å²) in [6.45, 7) is 6.09. The summed E-state index contributed by atoms with van der Waals surface area (Å²) in [5, 5.41) is 11.0. The highest BCUT2D eigenvalue weighted by Crippen LogP contribution is 2.23. The van der Waals surface area contributed by atoms with Crippen molar-refractivity contribution in [3.05, 3.63) is 57.7 Å². The van der Waals surface area contributed by atoms with Crippen molar-refractivity contribution in [3.63, 3.8) is 0 Å². The molecule has 0 atom stereocenters. The van der Waals surface area contributed by atoms with Crippen LogP contribution in [0.3, 0.4) is 0 Å². The molecule has 6 heteroatoms. The normalized spacial score (nSPS) is 11.6. The van der Waals surface area contributed by atoms with E-state index in [1.165, 1.54) is 6.07 Å². The first kappa shape index (κ1) is 14.2. The fraction of sp³-hybridized carbons (Fsp3) is 0.357. The molecule has 2 N–H and O–H groups in total. The molecule has 0 saturated heterocycles. The van der Waals surface area contributed by atoms with E-state index >= 15 is 0 Å².